The van der Waals surface area contributed by atoms with Crippen molar-refractivity contribution in [2.45, 2.75) is 32.9 Å². The molecule has 0 aliphatic heterocycles. The first kappa shape index (κ1) is 14.4. The van der Waals surface area contributed by atoms with Gasteiger partial charge in [-0.05, 0) is 17.9 Å². The second-order valence-electron chi connectivity index (χ2n) is 4.66. The van der Waals surface area contributed by atoms with Gasteiger partial charge < -0.3 is 15.8 Å². The molecule has 1 amide bonds. The lowest BCUT2D eigenvalue weighted by molar-refractivity contribution is -0.122. The molecule has 0 aliphatic carbocycles. The zero-order valence-electron chi connectivity index (χ0n) is 11.1. The zero-order valence-corrected chi connectivity index (χ0v) is 11.1. The molecule has 0 unspecified atom stereocenters. The van der Waals surface area contributed by atoms with Gasteiger partial charge in [0.05, 0.1) is 13.2 Å². The summed E-state index contributed by atoms with van der Waals surface area (Å²) in [7, 11) is 1.56. The molecule has 1 atom stereocenters. The van der Waals surface area contributed by atoms with Crippen LogP contribution < -0.4 is 15.8 Å². The number of amides is 1. The summed E-state index contributed by atoms with van der Waals surface area (Å²) in [6, 6.07) is 3.17. The molecule has 0 bridgehead atoms. The van der Waals surface area contributed by atoms with E-state index in [9.17, 15) is 4.79 Å². The highest BCUT2D eigenvalue weighted by Gasteiger charge is 2.14. The van der Waals surface area contributed by atoms with E-state index in [1.807, 2.05) is 19.9 Å². The third-order valence-electron chi connectivity index (χ3n) is 2.54. The lowest BCUT2D eigenvalue weighted by Crippen LogP contribution is -2.41. The average molecular weight is 251 g/mol. The predicted molar refractivity (Wildman–Crippen MR) is 70.1 cm³/mol. The van der Waals surface area contributed by atoms with E-state index in [-0.39, 0.29) is 5.91 Å². The van der Waals surface area contributed by atoms with E-state index in [0.717, 1.165) is 5.56 Å². The van der Waals surface area contributed by atoms with Gasteiger partial charge >= 0.3 is 0 Å². The fraction of sp³-hybridized carbons (Fsp3) is 0.538. The number of nitrogens with one attached hydrogen (secondary N) is 1. The Hall–Kier alpha value is -1.62. The van der Waals surface area contributed by atoms with Gasteiger partial charge in [-0.1, -0.05) is 19.9 Å². The molecule has 1 heterocycles. The second kappa shape index (κ2) is 6.96. The Balaban J connectivity index is 2.41. The lowest BCUT2D eigenvalue weighted by Gasteiger charge is -2.14. The lowest BCUT2D eigenvalue weighted by atomic mass is 10.0. The number of pyridine rings is 1. The Morgan fingerprint density at radius 3 is 2.72 bits per heavy atom. The Morgan fingerprint density at radius 1 is 1.50 bits per heavy atom. The summed E-state index contributed by atoms with van der Waals surface area (Å²) in [6.45, 7) is 4.52. The van der Waals surface area contributed by atoms with Gasteiger partial charge in [-0.15, -0.1) is 0 Å². The minimum atomic E-state index is -0.448. The van der Waals surface area contributed by atoms with Crippen LogP contribution in [0.4, 0.5) is 0 Å². The molecule has 0 saturated carbocycles. The number of methoxy groups -OCH3 is 1. The van der Waals surface area contributed by atoms with E-state index in [2.05, 4.69) is 10.3 Å². The minimum absolute atomic E-state index is 0.125. The average Bonchev–Trinajstić information content (AvgIpc) is 2.35. The topological polar surface area (TPSA) is 77.2 Å². The van der Waals surface area contributed by atoms with Gasteiger partial charge in [-0.3, -0.25) is 4.79 Å². The summed E-state index contributed by atoms with van der Waals surface area (Å²) in [6.07, 6.45) is 2.36. The summed E-state index contributed by atoms with van der Waals surface area (Å²) < 4.78 is 4.96. The molecule has 3 N–H and O–H groups in total. The SMILES string of the molecule is COc1ccc(CNC(=O)[C@@H](N)CC(C)C)cn1. The van der Waals surface area contributed by atoms with Gasteiger partial charge in [-0.25, -0.2) is 4.98 Å². The van der Waals surface area contributed by atoms with Crippen molar-refractivity contribution in [3.63, 3.8) is 0 Å². The van der Waals surface area contributed by atoms with Gasteiger partial charge in [0.25, 0.3) is 0 Å². The summed E-state index contributed by atoms with van der Waals surface area (Å²) in [5.41, 5.74) is 6.70. The smallest absolute Gasteiger partial charge is 0.237 e. The number of nitrogens with two attached hydrogens (primary N) is 1. The number of hydrogen-bond acceptors (Lipinski definition) is 4. The quantitative estimate of drug-likeness (QED) is 0.793. The summed E-state index contributed by atoms with van der Waals surface area (Å²) in [5, 5.41) is 2.80. The molecule has 0 aromatic carbocycles. The summed E-state index contributed by atoms with van der Waals surface area (Å²) in [5.74, 6) is 0.842. The van der Waals surface area contributed by atoms with E-state index in [1.165, 1.54) is 0 Å². The van der Waals surface area contributed by atoms with E-state index < -0.39 is 6.04 Å². The first-order valence-electron chi connectivity index (χ1n) is 6.05. The van der Waals surface area contributed by atoms with E-state index >= 15 is 0 Å². The van der Waals surface area contributed by atoms with Crippen molar-refractivity contribution in [2.75, 3.05) is 7.11 Å². The first-order valence-corrected chi connectivity index (χ1v) is 6.05. The van der Waals surface area contributed by atoms with Crippen molar-refractivity contribution in [1.82, 2.24) is 10.3 Å². The summed E-state index contributed by atoms with van der Waals surface area (Å²) in [4.78, 5) is 15.8. The third kappa shape index (κ3) is 4.71. The van der Waals surface area contributed by atoms with Crippen LogP contribution in [0.3, 0.4) is 0 Å². The van der Waals surface area contributed by atoms with E-state index in [1.54, 1.807) is 19.4 Å². The Kier molecular flexibility index (Phi) is 5.58. The highest BCUT2D eigenvalue weighted by molar-refractivity contribution is 5.81. The maximum atomic E-state index is 11.7. The van der Waals surface area contributed by atoms with Crippen molar-refractivity contribution in [1.29, 1.82) is 0 Å². The highest BCUT2D eigenvalue weighted by Crippen LogP contribution is 2.07. The number of ether oxygens (including phenoxy) is 1. The maximum Gasteiger partial charge on any atom is 0.237 e. The van der Waals surface area contributed by atoms with Gasteiger partial charge in [0.15, 0.2) is 0 Å². The molecule has 5 heteroatoms. The predicted octanol–water partition coefficient (Wildman–Crippen LogP) is 1.08. The van der Waals surface area contributed by atoms with Crippen LogP contribution in [-0.2, 0) is 11.3 Å². The maximum absolute atomic E-state index is 11.7. The van der Waals surface area contributed by atoms with Gasteiger partial charge in [-0.2, -0.15) is 0 Å². The third-order valence-corrected chi connectivity index (χ3v) is 2.54. The van der Waals surface area contributed by atoms with Crippen LogP contribution in [0.1, 0.15) is 25.8 Å². The number of aromatic nitrogens is 1. The largest absolute Gasteiger partial charge is 0.481 e. The number of carbonyl (C=O) groups excluding carboxylic acids is 1. The van der Waals surface area contributed by atoms with Crippen molar-refractivity contribution in [3.8, 4) is 5.88 Å². The number of rotatable bonds is 6. The molecule has 1 rings (SSSR count). The molecule has 0 radical (unpaired) electrons. The fourth-order valence-corrected chi connectivity index (χ4v) is 1.57. The monoisotopic (exact) mass is 251 g/mol. The highest BCUT2D eigenvalue weighted by atomic mass is 16.5. The van der Waals surface area contributed by atoms with Crippen molar-refractivity contribution in [3.05, 3.63) is 23.9 Å². The van der Waals surface area contributed by atoms with Crippen molar-refractivity contribution >= 4 is 5.91 Å². The fourth-order valence-electron chi connectivity index (χ4n) is 1.57. The second-order valence-corrected chi connectivity index (χ2v) is 4.66. The van der Waals surface area contributed by atoms with Crippen molar-refractivity contribution < 1.29 is 9.53 Å². The number of hydrogen-bond donors (Lipinski definition) is 2. The molecule has 5 nitrogen and oxygen atoms in total. The molecule has 0 saturated heterocycles. The van der Waals surface area contributed by atoms with Crippen LogP contribution in [0.25, 0.3) is 0 Å². The van der Waals surface area contributed by atoms with Crippen LogP contribution in [0.5, 0.6) is 5.88 Å². The van der Waals surface area contributed by atoms with Crippen molar-refractivity contribution in [2.24, 2.45) is 11.7 Å². The Labute approximate surface area is 108 Å². The van der Waals surface area contributed by atoms with Crippen LogP contribution in [0, 0.1) is 5.92 Å². The molecule has 1 aromatic rings. The first-order chi connectivity index (χ1) is 8.52. The van der Waals surface area contributed by atoms with Crippen LogP contribution >= 0.6 is 0 Å². The minimum Gasteiger partial charge on any atom is -0.481 e. The van der Waals surface area contributed by atoms with Gasteiger partial charge in [0, 0.05) is 18.8 Å². The molecular weight excluding hydrogens is 230 g/mol. The van der Waals surface area contributed by atoms with Crippen LogP contribution in [0.2, 0.25) is 0 Å². The zero-order chi connectivity index (χ0) is 13.5. The number of nitrogens with zero attached hydrogens (tertiary/aromatic N) is 1. The van der Waals surface area contributed by atoms with E-state index in [4.69, 9.17) is 10.5 Å². The van der Waals surface area contributed by atoms with E-state index in [0.29, 0.717) is 24.8 Å². The summed E-state index contributed by atoms with van der Waals surface area (Å²) >= 11 is 0. The molecular formula is C13H21N3O2. The molecule has 0 fully saturated rings. The molecule has 0 aliphatic rings. The normalized spacial score (nSPS) is 12.3. The molecule has 100 valence electrons. The van der Waals surface area contributed by atoms with Gasteiger partial charge in [0.2, 0.25) is 11.8 Å². The molecule has 0 spiro atoms. The number of carbonyl (C=O) groups is 1. The Bertz CT molecular complexity index is 376. The molecule has 18 heavy (non-hydrogen) atoms. The Morgan fingerprint density at radius 2 is 2.22 bits per heavy atom. The van der Waals surface area contributed by atoms with Gasteiger partial charge in [0.1, 0.15) is 0 Å². The van der Waals surface area contributed by atoms with Crippen LogP contribution in [-0.4, -0.2) is 24.0 Å². The standard InChI is InChI=1S/C13H21N3O2/c1-9(2)6-11(14)13(17)16-8-10-4-5-12(18-3)15-7-10/h4-5,7,9,11H,6,8,14H2,1-3H3,(H,16,17)/t11-/m0/s1. The van der Waals surface area contributed by atoms with Crippen LogP contribution in [0.15, 0.2) is 18.3 Å². The molecule has 1 aromatic heterocycles.